The highest BCUT2D eigenvalue weighted by atomic mass is 127. The van der Waals surface area contributed by atoms with E-state index in [2.05, 4.69) is 27.3 Å². The van der Waals surface area contributed by atoms with Gasteiger partial charge in [0.05, 0.1) is 5.66 Å². The number of amides is 2. The molecule has 89 valence electrons. The van der Waals surface area contributed by atoms with Gasteiger partial charge in [0.2, 0.25) is 16.7 Å². The van der Waals surface area contributed by atoms with Gasteiger partial charge < -0.3 is 4.90 Å². The van der Waals surface area contributed by atoms with Crippen molar-refractivity contribution in [2.75, 3.05) is 27.2 Å². The summed E-state index contributed by atoms with van der Waals surface area (Å²) in [4.78, 5) is 28.9. The lowest BCUT2D eigenvalue weighted by Crippen LogP contribution is -2.33. The quantitative estimate of drug-likeness (QED) is 0.306. The molecule has 1 rings (SSSR count). The number of likely N-dealkylation sites (tertiary alicyclic amines) is 1. The van der Waals surface area contributed by atoms with Crippen LogP contribution < -0.4 is 0 Å². The minimum absolute atomic E-state index is 0.000457. The molecule has 1 heterocycles. The Hall–Kier alpha value is 0.325. The maximum Gasteiger partial charge on any atom is 0.236 e. The van der Waals surface area contributed by atoms with Crippen molar-refractivity contribution in [3.63, 3.8) is 0 Å². The van der Waals surface area contributed by atoms with Gasteiger partial charge in [0.15, 0.2) is 0 Å². The summed E-state index contributed by atoms with van der Waals surface area (Å²) in [5.41, 5.74) is -0.0799. The lowest BCUT2D eigenvalue weighted by atomic mass is 10.3. The summed E-state index contributed by atoms with van der Waals surface area (Å²) in [5, 5.41) is 0. The van der Waals surface area contributed by atoms with Crippen LogP contribution in [0.2, 0.25) is 0 Å². The smallest absolute Gasteiger partial charge is 0.236 e. The molecule has 1 radical (unpaired) electrons. The van der Waals surface area contributed by atoms with Crippen LogP contribution in [0, 0.1) is 0 Å². The number of hydrogen-bond donors (Lipinski definition) is 0. The summed E-state index contributed by atoms with van der Waals surface area (Å²) in [6, 6.07) is 0. The zero-order valence-electron chi connectivity index (χ0n) is 9.57. The summed E-state index contributed by atoms with van der Waals surface area (Å²) in [6.45, 7) is 1.47. The number of rotatable bonds is 6. The summed E-state index contributed by atoms with van der Waals surface area (Å²) >= 11 is 2.14. The fourth-order valence-electron chi connectivity index (χ4n) is 1.67. The van der Waals surface area contributed by atoms with Gasteiger partial charge >= 0.3 is 0 Å². The summed E-state index contributed by atoms with van der Waals surface area (Å²) in [7, 11) is 4.44. The van der Waals surface area contributed by atoms with Crippen molar-refractivity contribution in [2.24, 2.45) is 0 Å². The summed E-state index contributed by atoms with van der Waals surface area (Å²) in [5.74, 6) is 0.0227. The fraction of sp³-hybridized carbons (Fsp3) is 0.778. The second kappa shape index (κ2) is 6.92. The molecule has 7 heteroatoms. The first kappa shape index (κ1) is 14.4. The Kier molecular flexibility index (Phi) is 6.22. The van der Waals surface area contributed by atoms with Gasteiger partial charge in [-0.25, -0.2) is 0 Å². The van der Waals surface area contributed by atoms with Crippen LogP contribution in [-0.2, 0) is 9.59 Å². The molecule has 2 atom stereocenters. The molecule has 16 heavy (non-hydrogen) atoms. The van der Waals surface area contributed by atoms with Gasteiger partial charge in [-0.3, -0.25) is 14.5 Å². The Morgan fingerprint density at radius 2 is 2.25 bits per heavy atom. The largest absolute Gasteiger partial charge is 0.309 e. The molecule has 0 N–H and O–H groups in total. The predicted molar refractivity (Wildman–Crippen MR) is 76.4 cm³/mol. The summed E-state index contributed by atoms with van der Waals surface area (Å²) in [6.07, 6.45) is 1.26. The number of halogens is 1. The second-order valence-electron chi connectivity index (χ2n) is 4.07. The maximum absolute atomic E-state index is 11.9. The normalized spacial score (nSPS) is 21.8. The minimum atomic E-state index is -0.0799. The van der Waals surface area contributed by atoms with Crippen LogP contribution in [0.15, 0.2) is 0 Å². The first-order valence-corrected chi connectivity index (χ1v) is 7.63. The van der Waals surface area contributed by atoms with Crippen LogP contribution in [0.5, 0.6) is 0 Å². The highest BCUT2D eigenvalue weighted by molar-refractivity contribution is 14.1. The molecule has 0 aromatic carbocycles. The lowest BCUT2D eigenvalue weighted by molar-refractivity contribution is -0.138. The molecule has 1 fully saturated rings. The average molecular weight is 353 g/mol. The van der Waals surface area contributed by atoms with Gasteiger partial charge in [-0.05, 0) is 27.1 Å². The van der Waals surface area contributed by atoms with Gasteiger partial charge in [-0.1, -0.05) is 0 Å². The first-order chi connectivity index (χ1) is 7.56. The molecule has 0 saturated carbocycles. The van der Waals surface area contributed by atoms with E-state index < -0.39 is 0 Å². The molecule has 4 nitrogen and oxygen atoms in total. The van der Waals surface area contributed by atoms with Crippen LogP contribution in [0.3, 0.4) is 0 Å². The zero-order chi connectivity index (χ0) is 12.1. The van der Waals surface area contributed by atoms with E-state index in [0.29, 0.717) is 21.4 Å². The molecule has 0 spiro atoms. The third-order valence-electron chi connectivity index (χ3n) is 2.50. The van der Waals surface area contributed by atoms with E-state index in [0.717, 1.165) is 13.0 Å². The zero-order valence-corrected chi connectivity index (χ0v) is 12.7. The van der Waals surface area contributed by atoms with Gasteiger partial charge in [-0.15, -0.1) is 8.46 Å². The number of carbonyl (C=O) groups is 2. The molecular weight excluding hydrogens is 337 g/mol. The molecule has 0 aromatic rings. The molecule has 1 aliphatic rings. The van der Waals surface area contributed by atoms with Gasteiger partial charge in [-0.2, -0.15) is 22.4 Å². The van der Waals surface area contributed by atoms with Crippen molar-refractivity contribution in [1.29, 1.82) is 0 Å². The van der Waals surface area contributed by atoms with Crippen LogP contribution in [-0.4, -0.2) is 59.3 Å². The standard InChI is InChI=1S/C9H16BIN2O2P/c1-12(2)4-3-5-13-8(14)6-7(9(13)15)16-10-11/h7,16H,3-6H2,1-2H3. The summed E-state index contributed by atoms with van der Waals surface area (Å²) < 4.78 is 0. The lowest BCUT2D eigenvalue weighted by Gasteiger charge is -2.16. The van der Waals surface area contributed by atoms with Crippen molar-refractivity contribution < 1.29 is 9.59 Å². The Morgan fingerprint density at radius 3 is 2.81 bits per heavy atom. The van der Waals surface area contributed by atoms with Crippen molar-refractivity contribution in [3.8, 4) is 0 Å². The van der Waals surface area contributed by atoms with Gasteiger partial charge in [0.25, 0.3) is 0 Å². The van der Waals surface area contributed by atoms with Gasteiger partial charge in [0, 0.05) is 13.0 Å². The van der Waals surface area contributed by atoms with Crippen molar-refractivity contribution in [3.05, 3.63) is 0 Å². The van der Waals surface area contributed by atoms with Crippen LogP contribution in [0.1, 0.15) is 12.8 Å². The van der Waals surface area contributed by atoms with Crippen molar-refractivity contribution in [2.45, 2.75) is 18.5 Å². The molecule has 2 amide bonds. The number of nitrogens with zero attached hydrogens (tertiary/aromatic N) is 2. The Morgan fingerprint density at radius 1 is 1.56 bits per heavy atom. The third-order valence-corrected chi connectivity index (χ3v) is 4.55. The third kappa shape index (κ3) is 3.97. The van der Waals surface area contributed by atoms with Crippen LogP contribution in [0.25, 0.3) is 0 Å². The van der Waals surface area contributed by atoms with Crippen molar-refractivity contribution >= 4 is 47.5 Å². The van der Waals surface area contributed by atoms with Crippen LogP contribution >= 0.6 is 30.8 Å². The van der Waals surface area contributed by atoms with Crippen LogP contribution in [0.4, 0.5) is 0 Å². The number of hydrogen-bond acceptors (Lipinski definition) is 3. The molecule has 2 unspecified atom stereocenters. The molecule has 1 aliphatic heterocycles. The molecular formula is C9H16BIN2O2P. The minimum Gasteiger partial charge on any atom is -0.309 e. The van der Waals surface area contributed by atoms with Crippen molar-refractivity contribution in [1.82, 2.24) is 9.80 Å². The average Bonchev–Trinajstić information content (AvgIpc) is 2.45. The molecule has 1 saturated heterocycles. The highest BCUT2D eigenvalue weighted by Crippen LogP contribution is 2.30. The van der Waals surface area contributed by atoms with E-state index in [9.17, 15) is 9.59 Å². The van der Waals surface area contributed by atoms with Gasteiger partial charge in [0.1, 0.15) is 0 Å². The Balaban J connectivity index is 2.41. The van der Waals surface area contributed by atoms with E-state index in [4.69, 9.17) is 0 Å². The maximum atomic E-state index is 11.9. The molecule has 0 aromatic heterocycles. The second-order valence-corrected chi connectivity index (χ2v) is 7.19. The first-order valence-electron chi connectivity index (χ1n) is 5.23. The number of carbonyl (C=O) groups excluding carboxylic acids is 2. The van der Waals surface area contributed by atoms with E-state index in [1.165, 1.54) is 4.90 Å². The fourth-order valence-corrected chi connectivity index (χ4v) is 3.71. The van der Waals surface area contributed by atoms with E-state index >= 15 is 0 Å². The molecule has 0 aliphatic carbocycles. The monoisotopic (exact) mass is 353 g/mol. The van der Waals surface area contributed by atoms with E-state index in [-0.39, 0.29) is 17.5 Å². The number of imide groups is 1. The Bertz CT molecular complexity index is 278. The Labute approximate surface area is 112 Å². The molecule has 0 bridgehead atoms. The highest BCUT2D eigenvalue weighted by Gasteiger charge is 2.37. The SMILES string of the molecule is CN(C)CCCN1C(=O)CC(P[B]I)C1=O. The topological polar surface area (TPSA) is 40.6 Å². The predicted octanol–water partition coefficient (Wildman–Crippen LogP) is 0.713. The van der Waals surface area contributed by atoms with E-state index in [1.807, 2.05) is 19.0 Å². The van der Waals surface area contributed by atoms with E-state index in [1.54, 1.807) is 0 Å².